The zero-order valence-corrected chi connectivity index (χ0v) is 26.7. The molecule has 224 valence electrons. The van der Waals surface area contributed by atoms with E-state index >= 15 is 0 Å². The monoisotopic (exact) mass is 618 g/mol. The molecule has 0 fully saturated rings. The van der Waals surface area contributed by atoms with Gasteiger partial charge in [-0.25, -0.2) is 0 Å². The Bertz CT molecular complexity index is 1910. The molecule has 4 nitrogen and oxygen atoms in total. The van der Waals surface area contributed by atoms with Crippen LogP contribution in [0.25, 0.3) is 11.1 Å². The van der Waals surface area contributed by atoms with Gasteiger partial charge in [0.05, 0.1) is 32.0 Å². The molecular weight excluding hydrogens is 585 g/mol. The maximum Gasteiger partial charge on any atom is 0.193 e. The van der Waals surface area contributed by atoms with Gasteiger partial charge in [0, 0.05) is 16.7 Å². The van der Waals surface area contributed by atoms with Crippen molar-refractivity contribution in [2.24, 2.45) is 0 Å². The minimum absolute atomic E-state index is 0.160. The lowest BCUT2D eigenvalue weighted by Gasteiger charge is -2.29. The van der Waals surface area contributed by atoms with E-state index in [-0.39, 0.29) is 5.78 Å². The molecule has 6 aromatic rings. The summed E-state index contributed by atoms with van der Waals surface area (Å²) in [6.45, 7) is 0. The molecule has 0 aliphatic heterocycles. The van der Waals surface area contributed by atoms with Crippen LogP contribution in [0.4, 0.5) is 0 Å². The van der Waals surface area contributed by atoms with Gasteiger partial charge in [-0.2, -0.15) is 5.26 Å². The molecule has 0 atom stereocenters. The lowest BCUT2D eigenvalue weighted by Crippen LogP contribution is -2.32. The zero-order chi connectivity index (χ0) is 31.9. The molecule has 0 N–H and O–H groups in total. The first kappa shape index (κ1) is 30.5. The molecule has 0 saturated heterocycles. The number of rotatable bonds is 10. The average molecular weight is 619 g/mol. The number of carbonyl (C=O) groups is 1. The van der Waals surface area contributed by atoms with Gasteiger partial charge in [0.25, 0.3) is 0 Å². The highest BCUT2D eigenvalue weighted by Crippen LogP contribution is 2.59. The first-order chi connectivity index (χ1) is 22.6. The molecule has 5 heteroatoms. The van der Waals surface area contributed by atoms with Gasteiger partial charge >= 0.3 is 0 Å². The molecule has 0 amide bonds. The van der Waals surface area contributed by atoms with Crippen molar-refractivity contribution in [3.63, 3.8) is 0 Å². The maximum absolute atomic E-state index is 14.1. The van der Waals surface area contributed by atoms with Crippen molar-refractivity contribution < 1.29 is 14.3 Å². The number of ketones is 1. The van der Waals surface area contributed by atoms with Crippen LogP contribution >= 0.6 is 7.26 Å². The third-order valence-electron chi connectivity index (χ3n) is 8.35. The minimum Gasteiger partial charge on any atom is -0.497 e. The lowest BCUT2D eigenvalue weighted by molar-refractivity contribution is 0.103. The molecule has 46 heavy (non-hydrogen) atoms. The summed E-state index contributed by atoms with van der Waals surface area (Å²) in [5.41, 5.74) is 4.16. The summed E-state index contributed by atoms with van der Waals surface area (Å²) in [5.74, 6) is 1.25. The van der Waals surface area contributed by atoms with Gasteiger partial charge in [0.15, 0.2) is 5.78 Å². The van der Waals surface area contributed by atoms with E-state index in [1.54, 1.807) is 50.6 Å². The largest absolute Gasteiger partial charge is 0.497 e. The Morgan fingerprint density at radius 3 is 1.61 bits per heavy atom. The Hall–Kier alpha value is -5.49. The molecule has 0 aliphatic carbocycles. The van der Waals surface area contributed by atoms with Crippen LogP contribution in [0.5, 0.6) is 11.5 Å². The van der Waals surface area contributed by atoms with Crippen molar-refractivity contribution in [2.45, 2.75) is 6.16 Å². The van der Waals surface area contributed by atoms with Crippen LogP contribution in [0.3, 0.4) is 0 Å². The van der Waals surface area contributed by atoms with Gasteiger partial charge in [0.1, 0.15) is 34.7 Å². The predicted octanol–water partition coefficient (Wildman–Crippen LogP) is 7.97. The molecule has 0 spiro atoms. The topological polar surface area (TPSA) is 59.3 Å². The third kappa shape index (κ3) is 5.94. The van der Waals surface area contributed by atoms with Gasteiger partial charge in [0.2, 0.25) is 0 Å². The second-order valence-electron chi connectivity index (χ2n) is 10.9. The van der Waals surface area contributed by atoms with E-state index in [2.05, 4.69) is 103 Å². The van der Waals surface area contributed by atoms with Crippen molar-refractivity contribution in [1.82, 2.24) is 0 Å². The Balaban J connectivity index is 1.60. The second kappa shape index (κ2) is 13.7. The normalized spacial score (nSPS) is 11.0. The van der Waals surface area contributed by atoms with Crippen LogP contribution in [0.2, 0.25) is 0 Å². The van der Waals surface area contributed by atoms with E-state index in [1.165, 1.54) is 15.9 Å². The van der Waals surface area contributed by atoms with E-state index in [0.29, 0.717) is 28.6 Å². The Morgan fingerprint density at radius 2 is 1.11 bits per heavy atom. The molecule has 0 aromatic heterocycles. The van der Waals surface area contributed by atoms with Crippen LogP contribution in [0, 0.1) is 11.3 Å². The van der Waals surface area contributed by atoms with Crippen LogP contribution in [-0.4, -0.2) is 20.0 Å². The van der Waals surface area contributed by atoms with Crippen LogP contribution < -0.4 is 25.4 Å². The van der Waals surface area contributed by atoms with Crippen LogP contribution in [0.15, 0.2) is 152 Å². The van der Waals surface area contributed by atoms with Crippen molar-refractivity contribution in [2.75, 3.05) is 14.2 Å². The summed E-state index contributed by atoms with van der Waals surface area (Å²) in [7, 11) is 0.990. The fourth-order valence-corrected chi connectivity index (χ4v) is 10.3. The van der Waals surface area contributed by atoms with Gasteiger partial charge in [-0.3, -0.25) is 4.79 Å². The number of carbonyl (C=O) groups excluding carboxylic acids is 1. The number of ether oxygens (including phenoxy) is 2. The van der Waals surface area contributed by atoms with Gasteiger partial charge in [-0.1, -0.05) is 66.7 Å². The molecule has 0 radical (unpaired) electrons. The first-order valence-electron chi connectivity index (χ1n) is 15.0. The Morgan fingerprint density at radius 1 is 0.609 bits per heavy atom. The molecular formula is C41H33NO3P+. The van der Waals surface area contributed by atoms with E-state index < -0.39 is 7.26 Å². The molecule has 0 unspecified atom stereocenters. The van der Waals surface area contributed by atoms with Crippen molar-refractivity contribution in [3.8, 4) is 28.7 Å². The maximum atomic E-state index is 14.1. The number of hydrogen-bond donors (Lipinski definition) is 0. The van der Waals surface area contributed by atoms with Gasteiger partial charge in [-0.15, -0.1) is 0 Å². The van der Waals surface area contributed by atoms with E-state index in [9.17, 15) is 10.1 Å². The number of benzene rings is 6. The highest BCUT2D eigenvalue weighted by Gasteiger charge is 2.46. The van der Waals surface area contributed by atoms with Crippen molar-refractivity contribution in [1.29, 1.82) is 5.26 Å². The SMILES string of the molecule is COc1ccc(C(=O)c2cc(C#N)ccc2-c2ccc(OC)cc2C[P+](c2ccccc2)(c2ccccc2)c2ccccc2)cc1. The second-order valence-corrected chi connectivity index (χ2v) is 14.4. The first-order valence-corrected chi connectivity index (χ1v) is 17.0. The van der Waals surface area contributed by atoms with Gasteiger partial charge in [-0.05, 0) is 96.1 Å². The highest BCUT2D eigenvalue weighted by molar-refractivity contribution is 7.95. The minimum atomic E-state index is -2.28. The van der Waals surface area contributed by atoms with E-state index in [0.717, 1.165) is 22.4 Å². The summed E-state index contributed by atoms with van der Waals surface area (Å²) in [5, 5.41) is 13.6. The fraction of sp³-hybridized carbons (Fsp3) is 0.0732. The fourth-order valence-electron chi connectivity index (χ4n) is 6.05. The molecule has 0 bridgehead atoms. The smallest absolute Gasteiger partial charge is 0.193 e. The summed E-state index contributed by atoms with van der Waals surface area (Å²) in [6, 6.07) is 52.9. The molecule has 0 heterocycles. The third-order valence-corrected chi connectivity index (χ3v) is 12.7. The van der Waals surface area contributed by atoms with Crippen molar-refractivity contribution >= 4 is 29.0 Å². The van der Waals surface area contributed by atoms with E-state index in [1.807, 2.05) is 18.2 Å². The number of hydrogen-bond acceptors (Lipinski definition) is 4. The molecule has 6 aromatic carbocycles. The zero-order valence-electron chi connectivity index (χ0n) is 25.8. The summed E-state index contributed by atoms with van der Waals surface area (Å²) >= 11 is 0. The van der Waals surface area contributed by atoms with Crippen LogP contribution in [-0.2, 0) is 6.16 Å². The lowest BCUT2D eigenvalue weighted by atomic mass is 9.90. The summed E-state index contributed by atoms with van der Waals surface area (Å²) < 4.78 is 11.1. The van der Waals surface area contributed by atoms with E-state index in [4.69, 9.17) is 9.47 Å². The Labute approximate surface area is 270 Å². The quantitative estimate of drug-likeness (QED) is 0.115. The number of nitrogens with zero attached hydrogens (tertiary/aromatic N) is 1. The Kier molecular flexibility index (Phi) is 9.06. The van der Waals surface area contributed by atoms with Gasteiger partial charge < -0.3 is 9.47 Å². The summed E-state index contributed by atoms with van der Waals surface area (Å²) in [4.78, 5) is 14.1. The number of methoxy groups -OCH3 is 2. The number of nitriles is 1. The average Bonchev–Trinajstić information content (AvgIpc) is 3.14. The standard InChI is InChI=1S/C41H33NO3P/c1-44-33-21-19-31(20-22-33)41(43)40-26-30(28-42)18-24-39(40)38-25-23-34(45-2)27-32(38)29-46(35-12-6-3-7-13-35,36-14-8-4-9-15-36)37-16-10-5-11-17-37/h3-27H,29H2,1-2H3/q+1. The van der Waals surface area contributed by atoms with Crippen molar-refractivity contribution in [3.05, 3.63) is 174 Å². The molecule has 6 rings (SSSR count). The van der Waals surface area contributed by atoms with Crippen LogP contribution in [0.1, 0.15) is 27.0 Å². The molecule has 0 aliphatic rings. The highest BCUT2D eigenvalue weighted by atomic mass is 31.2. The predicted molar refractivity (Wildman–Crippen MR) is 188 cm³/mol. The summed E-state index contributed by atoms with van der Waals surface area (Å²) in [6.07, 6.45) is 0.688. The molecule has 0 saturated carbocycles.